The van der Waals surface area contributed by atoms with E-state index < -0.39 is 141 Å². The van der Waals surface area contributed by atoms with Gasteiger partial charge in [0.15, 0.2) is 12.1 Å². The summed E-state index contributed by atoms with van der Waals surface area (Å²) >= 11 is 0. The number of hydrogen-bond donors (Lipinski definition) is 12. The lowest BCUT2D eigenvalue weighted by Gasteiger charge is -2.45. The third kappa shape index (κ3) is 18.8. The second-order valence-electron chi connectivity index (χ2n) is 17.8. The number of nitrogens with two attached hydrogens (primary N) is 1. The molecule has 0 aliphatic carbocycles. The van der Waals surface area contributed by atoms with Crippen LogP contribution in [0.25, 0.3) is 0 Å². The number of cyclic esters (lactones) is 1. The molecule has 13 N–H and O–H groups in total. The van der Waals surface area contributed by atoms with Crippen molar-refractivity contribution in [3.05, 3.63) is 72.9 Å². The average Bonchev–Trinajstić information content (AvgIpc) is 3.21. The van der Waals surface area contributed by atoms with Gasteiger partial charge in [-0.2, -0.15) is 0 Å². The Labute approximate surface area is 381 Å². The Kier molecular flexibility index (Phi) is 23.8. The first-order chi connectivity index (χ1) is 30.6. The first-order valence-corrected chi connectivity index (χ1v) is 22.6. The van der Waals surface area contributed by atoms with Crippen LogP contribution in [-0.4, -0.2) is 166 Å². The first-order valence-electron chi connectivity index (χ1n) is 22.6. The predicted molar refractivity (Wildman–Crippen MR) is 237 cm³/mol. The molecular weight excluding hydrogens is 851 g/mol. The molecule has 0 aromatic rings. The molecular formula is C47H75NO17. The SMILES string of the molecule is C[C@@H]1[C@H](O)[C@@H](C)/C=C/C=C/CC/C=C/C=C/C=C/C=C/[C@H](O[C@H]2O[C@@H](C)[C@H](O)[C@@H](N)[C@H]2O)C[C@@H]2O[C@@](O)(C[C@@H](O)[C@H](O)CC[C@@H](O)C[C@@H](O)C[C@@H](O)CC(=O)O[C@H]1C)C[C@H](O)[C@H]2C(=O)O. The summed E-state index contributed by atoms with van der Waals surface area (Å²) in [5.41, 5.74) is 6.02. The highest BCUT2D eigenvalue weighted by Gasteiger charge is 2.51. The number of carbonyl (C=O) groups is 2. The number of rotatable bonds is 3. The summed E-state index contributed by atoms with van der Waals surface area (Å²) in [5, 5.41) is 118. The Balaban J connectivity index is 1.84. The summed E-state index contributed by atoms with van der Waals surface area (Å²) in [6.45, 7) is 6.78. The van der Waals surface area contributed by atoms with Crippen LogP contribution in [0.15, 0.2) is 72.9 Å². The summed E-state index contributed by atoms with van der Waals surface area (Å²) in [6.07, 6.45) is 2.28. The lowest BCUT2D eigenvalue weighted by Crippen LogP contribution is -2.61. The zero-order valence-corrected chi connectivity index (χ0v) is 37.8. The number of hydrogen-bond acceptors (Lipinski definition) is 17. The monoisotopic (exact) mass is 926 g/mol. The van der Waals surface area contributed by atoms with Crippen LogP contribution in [-0.2, 0) is 28.5 Å². The van der Waals surface area contributed by atoms with Crippen LogP contribution >= 0.6 is 0 Å². The van der Waals surface area contributed by atoms with Crippen molar-refractivity contribution in [2.75, 3.05) is 0 Å². The highest BCUT2D eigenvalue weighted by molar-refractivity contribution is 5.71. The minimum absolute atomic E-state index is 0.138. The van der Waals surface area contributed by atoms with Crippen molar-refractivity contribution in [1.29, 1.82) is 0 Å². The van der Waals surface area contributed by atoms with E-state index in [1.807, 2.05) is 49.5 Å². The minimum Gasteiger partial charge on any atom is -0.481 e. The van der Waals surface area contributed by atoms with E-state index in [9.17, 15) is 65.8 Å². The standard InChI is InChI=1S/C47H75NO17/c1-27-17-15-13-11-9-7-5-6-8-10-12-14-16-18-34(64-46-44(58)41(48)43(57)30(4)63-46)24-38-40(45(59)60)37(54)26-47(61,65-38)25-36(53)35(52)20-19-31(49)21-32(50)22-33(51)23-39(55)62-29(3)28(2)42(27)56/h5-6,8,10-18,27-38,40-44,46,49-54,56-58,61H,7,9,19-26,48H2,1-4H3,(H,59,60)/b6-5+,10-8+,13-11+,14-12+,17-15+,18-16+/t27-,28-,29-,30-,31+,32+,33+,34-,35+,36+,37-,38-,40+,41+,42+,43-,44+,46+,47-/m0/s1. The van der Waals surface area contributed by atoms with Gasteiger partial charge in [-0.1, -0.05) is 86.8 Å². The van der Waals surface area contributed by atoms with E-state index in [2.05, 4.69) is 0 Å². The molecule has 18 nitrogen and oxygen atoms in total. The molecule has 0 saturated carbocycles. The fourth-order valence-electron chi connectivity index (χ4n) is 8.11. The van der Waals surface area contributed by atoms with E-state index in [-0.39, 0.29) is 38.0 Å². The van der Waals surface area contributed by atoms with Gasteiger partial charge in [0.05, 0.1) is 79.6 Å². The maximum Gasteiger partial charge on any atom is 0.311 e. The molecule has 0 amide bonds. The van der Waals surface area contributed by atoms with Gasteiger partial charge >= 0.3 is 11.9 Å². The number of aliphatic hydroxyl groups is 10. The second-order valence-corrected chi connectivity index (χ2v) is 17.8. The van der Waals surface area contributed by atoms with E-state index in [1.54, 1.807) is 38.2 Å². The molecule has 18 heteroatoms. The number of carbonyl (C=O) groups excluding carboxylic acids is 1. The van der Waals surface area contributed by atoms with Crippen LogP contribution in [0.4, 0.5) is 0 Å². The highest BCUT2D eigenvalue weighted by Crippen LogP contribution is 2.38. The van der Waals surface area contributed by atoms with E-state index in [0.29, 0.717) is 0 Å². The zero-order chi connectivity index (χ0) is 48.4. The molecule has 0 radical (unpaired) electrons. The minimum atomic E-state index is -2.35. The number of carboxylic acid groups (broad SMARTS) is 1. The summed E-state index contributed by atoms with van der Waals surface area (Å²) < 4.78 is 23.2. The van der Waals surface area contributed by atoms with Crippen molar-refractivity contribution in [3.8, 4) is 0 Å². The zero-order valence-electron chi connectivity index (χ0n) is 37.8. The number of esters is 1. The van der Waals surface area contributed by atoms with E-state index in [1.165, 1.54) is 13.0 Å². The Morgan fingerprint density at radius 1 is 0.692 bits per heavy atom. The van der Waals surface area contributed by atoms with Crippen LogP contribution in [0, 0.1) is 17.8 Å². The van der Waals surface area contributed by atoms with Crippen molar-refractivity contribution < 1.29 is 84.7 Å². The fourth-order valence-corrected chi connectivity index (χ4v) is 8.11. The van der Waals surface area contributed by atoms with Gasteiger partial charge in [-0.15, -0.1) is 0 Å². The molecule has 19 atom stereocenters. The molecule has 0 spiro atoms. The molecule has 0 aromatic carbocycles. The van der Waals surface area contributed by atoms with E-state index >= 15 is 0 Å². The summed E-state index contributed by atoms with van der Waals surface area (Å²) in [5.74, 6) is -6.82. The number of carboxylic acids is 1. The van der Waals surface area contributed by atoms with Crippen LogP contribution in [0.2, 0.25) is 0 Å². The third-order valence-electron chi connectivity index (χ3n) is 12.2. The number of aliphatic hydroxyl groups excluding tert-OH is 9. The van der Waals surface area contributed by atoms with Crippen LogP contribution in [0.5, 0.6) is 0 Å². The van der Waals surface area contributed by atoms with E-state index in [4.69, 9.17) is 24.7 Å². The normalized spacial score (nSPS) is 45.2. The fraction of sp³-hybridized carbons (Fsp3) is 0.702. The van der Waals surface area contributed by atoms with Crippen molar-refractivity contribution in [2.24, 2.45) is 23.5 Å². The lowest BCUT2D eigenvalue weighted by atomic mass is 9.82. The van der Waals surface area contributed by atoms with Gasteiger partial charge in [-0.3, -0.25) is 9.59 Å². The highest BCUT2D eigenvalue weighted by atomic mass is 16.7. The maximum atomic E-state index is 12.6. The molecule has 0 unspecified atom stereocenters. The molecule has 0 aromatic heterocycles. The molecule has 65 heavy (non-hydrogen) atoms. The summed E-state index contributed by atoms with van der Waals surface area (Å²) in [6, 6.07) is -1.14. The Hall–Kier alpha value is -3.18. The van der Waals surface area contributed by atoms with Gasteiger partial charge in [0.1, 0.15) is 18.1 Å². The second kappa shape index (κ2) is 27.6. The van der Waals surface area contributed by atoms with Crippen molar-refractivity contribution >= 4 is 11.9 Å². The molecule has 3 aliphatic rings. The van der Waals surface area contributed by atoms with Crippen LogP contribution in [0.3, 0.4) is 0 Å². The number of aliphatic carboxylic acids is 1. The van der Waals surface area contributed by atoms with Crippen molar-refractivity contribution in [2.45, 2.75) is 189 Å². The predicted octanol–water partition coefficient (Wildman–Crippen LogP) is 0.936. The molecule has 2 saturated heterocycles. The Morgan fingerprint density at radius 3 is 1.94 bits per heavy atom. The number of allylic oxidation sites excluding steroid dienone is 10. The van der Waals surface area contributed by atoms with E-state index in [0.717, 1.165) is 12.8 Å². The molecule has 370 valence electrons. The van der Waals surface area contributed by atoms with Gasteiger partial charge in [0, 0.05) is 31.1 Å². The van der Waals surface area contributed by atoms with Gasteiger partial charge in [0.25, 0.3) is 0 Å². The maximum absolute atomic E-state index is 12.6. The van der Waals surface area contributed by atoms with Gasteiger partial charge in [0.2, 0.25) is 0 Å². The molecule has 3 aliphatic heterocycles. The summed E-state index contributed by atoms with van der Waals surface area (Å²) in [7, 11) is 0. The third-order valence-corrected chi connectivity index (χ3v) is 12.2. The Bertz CT molecular complexity index is 1620. The van der Waals surface area contributed by atoms with Gasteiger partial charge < -0.3 is 80.9 Å². The smallest absolute Gasteiger partial charge is 0.311 e. The van der Waals surface area contributed by atoms with Gasteiger partial charge in [-0.25, -0.2) is 0 Å². The van der Waals surface area contributed by atoms with Crippen LogP contribution < -0.4 is 5.73 Å². The Morgan fingerprint density at radius 2 is 1.28 bits per heavy atom. The molecule has 2 bridgehead atoms. The number of fused-ring (bicyclic) bond motifs is 2. The van der Waals surface area contributed by atoms with Gasteiger partial charge in [-0.05, 0) is 52.4 Å². The lowest BCUT2D eigenvalue weighted by molar-refractivity contribution is -0.310. The topological polar surface area (TPSA) is 320 Å². The van der Waals surface area contributed by atoms with Crippen molar-refractivity contribution in [1.82, 2.24) is 0 Å². The quantitative estimate of drug-likeness (QED) is 0.175. The first kappa shape index (κ1) is 56.1. The van der Waals surface area contributed by atoms with Crippen molar-refractivity contribution in [3.63, 3.8) is 0 Å². The van der Waals surface area contributed by atoms with Crippen LogP contribution in [0.1, 0.15) is 91.9 Å². The number of ether oxygens (including phenoxy) is 4. The summed E-state index contributed by atoms with van der Waals surface area (Å²) in [4.78, 5) is 25.1. The molecule has 3 rings (SSSR count). The largest absolute Gasteiger partial charge is 0.481 e. The molecule has 3 heterocycles. The average molecular weight is 926 g/mol. The molecule has 2 fully saturated rings.